The van der Waals surface area contributed by atoms with Crippen LogP contribution in [-0.2, 0) is 10.0 Å². The summed E-state index contributed by atoms with van der Waals surface area (Å²) in [5, 5.41) is 10.3. The second kappa shape index (κ2) is 9.09. The fourth-order valence-electron chi connectivity index (χ4n) is 3.64. The van der Waals surface area contributed by atoms with E-state index in [1.54, 1.807) is 31.4 Å². The largest absolute Gasteiger partial charge is 0.497 e. The van der Waals surface area contributed by atoms with E-state index in [0.717, 1.165) is 19.3 Å². The number of sulfonamides is 1. The van der Waals surface area contributed by atoms with Gasteiger partial charge >= 0.3 is 6.01 Å². The van der Waals surface area contributed by atoms with Gasteiger partial charge in [-0.1, -0.05) is 11.5 Å². The molecule has 0 radical (unpaired) electrons. The Morgan fingerprint density at radius 1 is 1.09 bits per heavy atom. The van der Waals surface area contributed by atoms with Crippen LogP contribution in [-0.4, -0.2) is 48.5 Å². The van der Waals surface area contributed by atoms with Crippen molar-refractivity contribution in [3.63, 3.8) is 0 Å². The molecule has 0 bridgehead atoms. The maximum absolute atomic E-state index is 12.9. The number of benzene rings is 2. The first kappa shape index (κ1) is 22.0. The van der Waals surface area contributed by atoms with E-state index >= 15 is 0 Å². The predicted molar refractivity (Wildman–Crippen MR) is 118 cm³/mol. The lowest BCUT2D eigenvalue weighted by atomic mass is 10.1. The molecule has 1 aliphatic rings. The number of hydrogen-bond acceptors (Lipinski definition) is 7. The van der Waals surface area contributed by atoms with Crippen LogP contribution in [0.3, 0.4) is 0 Å². The van der Waals surface area contributed by atoms with E-state index in [9.17, 15) is 13.2 Å². The number of carbonyl (C=O) groups is 1. The molecule has 32 heavy (non-hydrogen) atoms. The number of methoxy groups -OCH3 is 1. The van der Waals surface area contributed by atoms with Crippen LogP contribution in [0.4, 0.5) is 6.01 Å². The van der Waals surface area contributed by atoms with Crippen LogP contribution in [0, 0.1) is 0 Å². The molecule has 1 aliphatic heterocycles. The van der Waals surface area contributed by atoms with E-state index in [-0.39, 0.29) is 28.4 Å². The molecule has 1 N–H and O–H groups in total. The Hall–Kier alpha value is -3.24. The van der Waals surface area contributed by atoms with Crippen molar-refractivity contribution in [3.05, 3.63) is 54.1 Å². The van der Waals surface area contributed by atoms with Gasteiger partial charge in [0.1, 0.15) is 5.75 Å². The number of hydrogen-bond donors (Lipinski definition) is 1. The second-order valence-electron chi connectivity index (χ2n) is 7.58. The monoisotopic (exact) mass is 456 g/mol. The van der Waals surface area contributed by atoms with Gasteiger partial charge in [0.05, 0.1) is 12.0 Å². The topological polar surface area (TPSA) is 115 Å². The molecule has 0 unspecified atom stereocenters. The Balaban J connectivity index is 1.45. The Morgan fingerprint density at radius 3 is 2.47 bits per heavy atom. The number of aromatic nitrogens is 2. The molecule has 2 aromatic carbocycles. The van der Waals surface area contributed by atoms with Crippen molar-refractivity contribution >= 4 is 21.9 Å². The van der Waals surface area contributed by atoms with Crippen LogP contribution in [0.15, 0.2) is 57.8 Å². The fraction of sp³-hybridized carbons (Fsp3) is 0.318. The first-order valence-corrected chi connectivity index (χ1v) is 11.7. The quantitative estimate of drug-likeness (QED) is 0.603. The third-order valence-corrected chi connectivity index (χ3v) is 7.48. The van der Waals surface area contributed by atoms with Crippen LogP contribution >= 0.6 is 0 Å². The number of rotatable bonds is 6. The zero-order chi connectivity index (χ0) is 22.7. The van der Waals surface area contributed by atoms with Crippen molar-refractivity contribution in [2.45, 2.75) is 37.1 Å². The zero-order valence-electron chi connectivity index (χ0n) is 17.8. The normalized spacial score (nSPS) is 17.1. The molecule has 0 spiro atoms. The standard InChI is InChI=1S/C22H24N4O5S/c1-15-5-3-4-14-26(15)32(28,29)19-12-8-16(9-13-19)20(27)23-22-25-24-21(31-22)17-6-10-18(30-2)11-7-17/h6-13,15H,3-5,14H2,1-2H3,(H,23,25,27)/t15-/m1/s1. The Labute approximate surface area is 186 Å². The molecule has 1 atom stereocenters. The SMILES string of the molecule is COc1ccc(-c2nnc(NC(=O)c3ccc(S(=O)(=O)N4CCCC[C@H]4C)cc3)o2)cc1. The molecule has 1 amide bonds. The van der Waals surface area contributed by atoms with Gasteiger partial charge in [-0.05, 0) is 68.3 Å². The molecule has 4 rings (SSSR count). The number of anilines is 1. The summed E-state index contributed by atoms with van der Waals surface area (Å²) in [6.45, 7) is 2.43. The number of nitrogens with one attached hydrogen (secondary N) is 1. The Morgan fingerprint density at radius 2 is 1.81 bits per heavy atom. The van der Waals surface area contributed by atoms with Gasteiger partial charge in [-0.2, -0.15) is 4.31 Å². The maximum atomic E-state index is 12.9. The van der Waals surface area contributed by atoms with Crippen LogP contribution < -0.4 is 10.1 Å². The molecule has 0 aliphatic carbocycles. The first-order chi connectivity index (χ1) is 15.4. The van der Waals surface area contributed by atoms with E-state index < -0.39 is 15.9 Å². The first-order valence-electron chi connectivity index (χ1n) is 10.3. The van der Waals surface area contributed by atoms with Crippen LogP contribution in [0.2, 0.25) is 0 Å². The zero-order valence-corrected chi connectivity index (χ0v) is 18.6. The minimum atomic E-state index is -3.59. The highest BCUT2D eigenvalue weighted by atomic mass is 32.2. The molecular formula is C22H24N4O5S. The molecular weight excluding hydrogens is 432 g/mol. The molecule has 1 aromatic heterocycles. The number of piperidine rings is 1. The van der Waals surface area contributed by atoms with Gasteiger partial charge < -0.3 is 9.15 Å². The van der Waals surface area contributed by atoms with Crippen molar-refractivity contribution in [3.8, 4) is 17.2 Å². The molecule has 9 nitrogen and oxygen atoms in total. The molecule has 2 heterocycles. The van der Waals surface area contributed by atoms with Crippen molar-refractivity contribution in [2.24, 2.45) is 0 Å². The van der Waals surface area contributed by atoms with Crippen LogP contribution in [0.25, 0.3) is 11.5 Å². The molecule has 10 heteroatoms. The van der Waals surface area contributed by atoms with Gasteiger partial charge in [0.15, 0.2) is 0 Å². The third-order valence-electron chi connectivity index (χ3n) is 5.45. The van der Waals surface area contributed by atoms with E-state index in [4.69, 9.17) is 9.15 Å². The smallest absolute Gasteiger partial charge is 0.322 e. The highest BCUT2D eigenvalue weighted by Gasteiger charge is 2.31. The highest BCUT2D eigenvalue weighted by Crippen LogP contribution is 2.26. The summed E-state index contributed by atoms with van der Waals surface area (Å²) >= 11 is 0. The van der Waals surface area contributed by atoms with Crippen LogP contribution in [0.5, 0.6) is 5.75 Å². The minimum absolute atomic E-state index is 0.0332. The molecule has 1 fully saturated rings. The molecule has 1 saturated heterocycles. The molecule has 3 aromatic rings. The lowest BCUT2D eigenvalue weighted by Gasteiger charge is -2.32. The average Bonchev–Trinajstić information content (AvgIpc) is 3.28. The Kier molecular flexibility index (Phi) is 6.24. The molecule has 0 saturated carbocycles. The second-order valence-corrected chi connectivity index (χ2v) is 9.47. The number of nitrogens with zero attached hydrogens (tertiary/aromatic N) is 3. The van der Waals surface area contributed by atoms with E-state index in [0.29, 0.717) is 17.9 Å². The van der Waals surface area contributed by atoms with Crippen molar-refractivity contribution in [1.82, 2.24) is 14.5 Å². The van der Waals surface area contributed by atoms with Crippen molar-refractivity contribution < 1.29 is 22.4 Å². The lowest BCUT2D eigenvalue weighted by molar-refractivity contribution is 0.102. The summed E-state index contributed by atoms with van der Waals surface area (Å²) in [4.78, 5) is 12.7. The number of amides is 1. The van der Waals surface area contributed by atoms with E-state index in [2.05, 4.69) is 15.5 Å². The van der Waals surface area contributed by atoms with Gasteiger partial charge in [0, 0.05) is 23.7 Å². The van der Waals surface area contributed by atoms with Gasteiger partial charge in [0.2, 0.25) is 15.9 Å². The summed E-state index contributed by atoms with van der Waals surface area (Å²) in [5.74, 6) is 0.465. The van der Waals surface area contributed by atoms with Gasteiger partial charge in [-0.25, -0.2) is 8.42 Å². The van der Waals surface area contributed by atoms with Gasteiger partial charge in [-0.15, -0.1) is 5.10 Å². The Bertz CT molecular complexity index is 1190. The average molecular weight is 457 g/mol. The maximum Gasteiger partial charge on any atom is 0.322 e. The van der Waals surface area contributed by atoms with E-state index in [1.165, 1.54) is 28.6 Å². The van der Waals surface area contributed by atoms with Gasteiger partial charge in [0.25, 0.3) is 5.91 Å². The summed E-state index contributed by atoms with van der Waals surface area (Å²) in [6, 6.07) is 12.8. The predicted octanol–water partition coefficient (Wildman–Crippen LogP) is 3.56. The fourth-order valence-corrected chi connectivity index (χ4v) is 5.34. The van der Waals surface area contributed by atoms with Crippen LogP contribution in [0.1, 0.15) is 36.5 Å². The minimum Gasteiger partial charge on any atom is -0.497 e. The highest BCUT2D eigenvalue weighted by molar-refractivity contribution is 7.89. The third kappa shape index (κ3) is 4.51. The number of carbonyl (C=O) groups excluding carboxylic acids is 1. The van der Waals surface area contributed by atoms with E-state index in [1.807, 2.05) is 6.92 Å². The number of ether oxygens (including phenoxy) is 1. The van der Waals surface area contributed by atoms with Crippen molar-refractivity contribution in [2.75, 3.05) is 19.0 Å². The lowest BCUT2D eigenvalue weighted by Crippen LogP contribution is -2.41. The van der Waals surface area contributed by atoms with Gasteiger partial charge in [-0.3, -0.25) is 10.1 Å². The summed E-state index contributed by atoms with van der Waals surface area (Å²) in [5.41, 5.74) is 0.958. The summed E-state index contributed by atoms with van der Waals surface area (Å²) < 4.78 is 38.0. The molecule has 168 valence electrons. The summed E-state index contributed by atoms with van der Waals surface area (Å²) in [6.07, 6.45) is 2.73. The van der Waals surface area contributed by atoms with Crippen molar-refractivity contribution in [1.29, 1.82) is 0 Å². The summed E-state index contributed by atoms with van der Waals surface area (Å²) in [7, 11) is -2.02.